The van der Waals surface area contributed by atoms with E-state index in [0.29, 0.717) is 29.1 Å². The third-order valence-corrected chi connectivity index (χ3v) is 3.73. The molecule has 0 fully saturated rings. The minimum atomic E-state index is -0.386. The number of hydrogen-bond donors (Lipinski definition) is 1. The summed E-state index contributed by atoms with van der Waals surface area (Å²) >= 11 is 0. The van der Waals surface area contributed by atoms with Gasteiger partial charge < -0.3 is 9.84 Å². The molecule has 3 aromatic rings. The maximum absolute atomic E-state index is 13.4. The second-order valence-corrected chi connectivity index (χ2v) is 5.46. The number of hydrogen-bond acceptors (Lipinski definition) is 3. The normalized spacial score (nSPS) is 10.6. The lowest BCUT2D eigenvalue weighted by Crippen LogP contribution is -2.26. The number of nitrogens with one attached hydrogen (secondary N) is 1. The Balaban J connectivity index is 1.74. The van der Waals surface area contributed by atoms with E-state index in [1.54, 1.807) is 19.1 Å². The van der Waals surface area contributed by atoms with Gasteiger partial charge in [0.05, 0.1) is 0 Å². The Kier molecular flexibility index (Phi) is 4.70. The van der Waals surface area contributed by atoms with Crippen molar-refractivity contribution in [1.82, 2.24) is 10.5 Å². The van der Waals surface area contributed by atoms with Crippen molar-refractivity contribution in [2.75, 3.05) is 6.54 Å². The third-order valence-electron chi connectivity index (χ3n) is 3.73. The summed E-state index contributed by atoms with van der Waals surface area (Å²) in [6.45, 7) is 2.16. The van der Waals surface area contributed by atoms with E-state index in [9.17, 15) is 9.18 Å². The monoisotopic (exact) mass is 324 g/mol. The number of aromatic nitrogens is 1. The molecule has 1 N–H and O–H groups in total. The van der Waals surface area contributed by atoms with Crippen LogP contribution < -0.4 is 5.32 Å². The summed E-state index contributed by atoms with van der Waals surface area (Å²) in [5.41, 5.74) is 2.35. The summed E-state index contributed by atoms with van der Waals surface area (Å²) in [6, 6.07) is 15.8. The number of aryl methyl sites for hydroxylation is 1. The molecule has 0 atom stereocenters. The largest absolute Gasteiger partial charge is 0.360 e. The molecular formula is C19H17FN2O2. The Bertz CT molecular complexity index is 844. The maximum atomic E-state index is 13.4. The molecule has 3 rings (SSSR count). The van der Waals surface area contributed by atoms with Gasteiger partial charge in [-0.2, -0.15) is 0 Å². The summed E-state index contributed by atoms with van der Waals surface area (Å²) in [4.78, 5) is 12.5. The first kappa shape index (κ1) is 15.9. The van der Waals surface area contributed by atoms with Gasteiger partial charge in [0.25, 0.3) is 5.91 Å². The quantitative estimate of drug-likeness (QED) is 0.777. The lowest BCUT2D eigenvalue weighted by atomic mass is 10.1. The van der Waals surface area contributed by atoms with Crippen LogP contribution in [0.1, 0.15) is 21.7 Å². The summed E-state index contributed by atoms with van der Waals surface area (Å²) in [6.07, 6.45) is 0.728. The first-order valence-electron chi connectivity index (χ1n) is 7.69. The lowest BCUT2D eigenvalue weighted by molar-refractivity contribution is 0.0953. The average Bonchev–Trinajstić information content (AvgIpc) is 2.97. The zero-order valence-corrected chi connectivity index (χ0v) is 13.3. The van der Waals surface area contributed by atoms with Crippen molar-refractivity contribution in [3.8, 4) is 11.3 Å². The third kappa shape index (κ3) is 3.51. The van der Waals surface area contributed by atoms with Gasteiger partial charge in [-0.25, -0.2) is 4.39 Å². The van der Waals surface area contributed by atoms with Gasteiger partial charge in [0.2, 0.25) is 0 Å². The van der Waals surface area contributed by atoms with Gasteiger partial charge in [-0.05, 0) is 31.0 Å². The van der Waals surface area contributed by atoms with Crippen LogP contribution in [0.3, 0.4) is 0 Å². The van der Waals surface area contributed by atoms with Crippen LogP contribution in [0.2, 0.25) is 0 Å². The van der Waals surface area contributed by atoms with Gasteiger partial charge in [-0.15, -0.1) is 0 Å². The first-order chi connectivity index (χ1) is 11.6. The molecule has 122 valence electrons. The van der Waals surface area contributed by atoms with Crippen LogP contribution in [0.25, 0.3) is 11.3 Å². The Morgan fingerprint density at radius 3 is 2.71 bits per heavy atom. The van der Waals surface area contributed by atoms with Crippen molar-refractivity contribution in [3.05, 3.63) is 77.3 Å². The molecular weight excluding hydrogens is 307 g/mol. The molecule has 0 aliphatic rings. The standard InChI is InChI=1S/C19H17FN2O2/c1-13-17(18(22-24-13)15-8-5-9-16(20)12-15)19(23)21-11-10-14-6-3-2-4-7-14/h2-9,12H,10-11H2,1H3,(H,21,23). The van der Waals surface area contributed by atoms with Crippen molar-refractivity contribution in [2.45, 2.75) is 13.3 Å². The van der Waals surface area contributed by atoms with Crippen molar-refractivity contribution < 1.29 is 13.7 Å². The second kappa shape index (κ2) is 7.08. The number of benzene rings is 2. The Labute approximate surface area is 139 Å². The van der Waals surface area contributed by atoms with Crippen LogP contribution in [-0.2, 0) is 6.42 Å². The van der Waals surface area contributed by atoms with Crippen LogP contribution in [-0.4, -0.2) is 17.6 Å². The molecule has 1 amide bonds. The molecule has 0 radical (unpaired) electrons. The van der Waals surface area contributed by atoms with Gasteiger partial charge in [0, 0.05) is 12.1 Å². The van der Waals surface area contributed by atoms with Crippen molar-refractivity contribution in [1.29, 1.82) is 0 Å². The van der Waals surface area contributed by atoms with E-state index < -0.39 is 0 Å². The van der Waals surface area contributed by atoms with Crippen LogP contribution in [0.4, 0.5) is 4.39 Å². The molecule has 0 saturated heterocycles. The highest BCUT2D eigenvalue weighted by molar-refractivity contribution is 6.00. The van der Waals surface area contributed by atoms with Crippen LogP contribution >= 0.6 is 0 Å². The van der Waals surface area contributed by atoms with E-state index >= 15 is 0 Å². The lowest BCUT2D eigenvalue weighted by Gasteiger charge is -2.06. The zero-order chi connectivity index (χ0) is 16.9. The fourth-order valence-corrected chi connectivity index (χ4v) is 2.53. The second-order valence-electron chi connectivity index (χ2n) is 5.46. The predicted octanol–water partition coefficient (Wildman–Crippen LogP) is 3.76. The summed E-state index contributed by atoms with van der Waals surface area (Å²) in [5, 5.41) is 6.78. The van der Waals surface area contributed by atoms with Crippen LogP contribution in [0.5, 0.6) is 0 Å². The summed E-state index contributed by atoms with van der Waals surface area (Å²) < 4.78 is 18.6. The number of amides is 1. The molecule has 0 unspecified atom stereocenters. The molecule has 4 nitrogen and oxygen atoms in total. The number of rotatable bonds is 5. The number of halogens is 1. The van der Waals surface area contributed by atoms with Gasteiger partial charge in [-0.3, -0.25) is 4.79 Å². The Morgan fingerprint density at radius 1 is 1.17 bits per heavy atom. The molecule has 2 aromatic carbocycles. The summed E-state index contributed by atoms with van der Waals surface area (Å²) in [7, 11) is 0. The van der Waals surface area contributed by atoms with E-state index in [-0.39, 0.29) is 11.7 Å². The highest BCUT2D eigenvalue weighted by Gasteiger charge is 2.21. The molecule has 1 aromatic heterocycles. The topological polar surface area (TPSA) is 55.1 Å². The molecule has 0 spiro atoms. The van der Waals surface area contributed by atoms with E-state index in [0.717, 1.165) is 12.0 Å². The van der Waals surface area contributed by atoms with E-state index in [2.05, 4.69) is 10.5 Å². The van der Waals surface area contributed by atoms with Crippen molar-refractivity contribution in [3.63, 3.8) is 0 Å². The Morgan fingerprint density at radius 2 is 1.96 bits per heavy atom. The predicted molar refractivity (Wildman–Crippen MR) is 89.1 cm³/mol. The zero-order valence-electron chi connectivity index (χ0n) is 13.3. The fourth-order valence-electron chi connectivity index (χ4n) is 2.53. The fraction of sp³-hybridized carbons (Fsp3) is 0.158. The number of nitrogens with zero attached hydrogens (tertiary/aromatic N) is 1. The highest BCUT2D eigenvalue weighted by Crippen LogP contribution is 2.25. The van der Waals surface area contributed by atoms with Gasteiger partial charge in [-0.1, -0.05) is 47.6 Å². The van der Waals surface area contributed by atoms with Gasteiger partial charge >= 0.3 is 0 Å². The van der Waals surface area contributed by atoms with Gasteiger partial charge in [0.1, 0.15) is 22.8 Å². The summed E-state index contributed by atoms with van der Waals surface area (Å²) in [5.74, 6) is -0.251. The molecule has 1 heterocycles. The average molecular weight is 324 g/mol. The minimum Gasteiger partial charge on any atom is -0.360 e. The smallest absolute Gasteiger partial charge is 0.257 e. The van der Waals surface area contributed by atoms with E-state index in [1.807, 2.05) is 30.3 Å². The number of carbonyl (C=O) groups is 1. The SMILES string of the molecule is Cc1onc(-c2cccc(F)c2)c1C(=O)NCCc1ccccc1. The van der Waals surface area contributed by atoms with E-state index in [1.165, 1.54) is 12.1 Å². The molecule has 5 heteroatoms. The molecule has 0 aliphatic heterocycles. The van der Waals surface area contributed by atoms with Crippen LogP contribution in [0, 0.1) is 12.7 Å². The molecule has 0 bridgehead atoms. The van der Waals surface area contributed by atoms with Gasteiger partial charge in [0.15, 0.2) is 0 Å². The minimum absolute atomic E-state index is 0.274. The number of carbonyl (C=O) groups excluding carboxylic acids is 1. The molecule has 0 saturated carbocycles. The first-order valence-corrected chi connectivity index (χ1v) is 7.69. The van der Waals surface area contributed by atoms with Crippen molar-refractivity contribution in [2.24, 2.45) is 0 Å². The molecule has 24 heavy (non-hydrogen) atoms. The maximum Gasteiger partial charge on any atom is 0.257 e. The Hall–Kier alpha value is -2.95. The highest BCUT2D eigenvalue weighted by atomic mass is 19.1. The molecule has 0 aliphatic carbocycles. The van der Waals surface area contributed by atoms with E-state index in [4.69, 9.17) is 4.52 Å². The van der Waals surface area contributed by atoms with Crippen molar-refractivity contribution >= 4 is 5.91 Å². The van der Waals surface area contributed by atoms with Crippen LogP contribution in [0.15, 0.2) is 59.1 Å².